The molecular weight excluding hydrogens is 212 g/mol. The van der Waals surface area contributed by atoms with Crippen LogP contribution in [0.5, 0.6) is 0 Å². The molecule has 1 spiro atoms. The number of methoxy groups -OCH3 is 1. The average Bonchev–Trinajstić information content (AvgIpc) is 2.98. The van der Waals surface area contributed by atoms with Crippen LogP contribution in [0.15, 0.2) is 0 Å². The highest BCUT2D eigenvalue weighted by molar-refractivity contribution is 5.01. The Bertz CT molecular complexity index is 263. The van der Waals surface area contributed by atoms with Crippen LogP contribution in [0.2, 0.25) is 0 Å². The Morgan fingerprint density at radius 3 is 2.76 bits per heavy atom. The SMILES string of the molecule is COC1CCCC1N1CCNC2(CCCC2)C1. The molecule has 3 rings (SSSR count). The summed E-state index contributed by atoms with van der Waals surface area (Å²) in [5.41, 5.74) is 0.457. The quantitative estimate of drug-likeness (QED) is 0.793. The van der Waals surface area contributed by atoms with Crippen molar-refractivity contribution in [2.24, 2.45) is 0 Å². The fourth-order valence-electron chi connectivity index (χ4n) is 4.26. The van der Waals surface area contributed by atoms with Gasteiger partial charge in [-0.25, -0.2) is 0 Å². The zero-order chi connectivity index (χ0) is 11.7. The van der Waals surface area contributed by atoms with Crippen molar-refractivity contribution in [2.45, 2.75) is 62.6 Å². The first-order valence-electron chi connectivity index (χ1n) is 7.35. The van der Waals surface area contributed by atoms with Crippen LogP contribution < -0.4 is 5.32 Å². The third-order valence-electron chi connectivity index (χ3n) is 5.15. The van der Waals surface area contributed by atoms with E-state index in [9.17, 15) is 0 Å². The molecule has 1 heterocycles. The van der Waals surface area contributed by atoms with Crippen LogP contribution in [0.25, 0.3) is 0 Å². The van der Waals surface area contributed by atoms with Crippen molar-refractivity contribution < 1.29 is 4.74 Å². The Kier molecular flexibility index (Phi) is 3.42. The van der Waals surface area contributed by atoms with Crippen LogP contribution in [0.1, 0.15) is 44.9 Å². The zero-order valence-electron chi connectivity index (χ0n) is 11.1. The fourth-order valence-corrected chi connectivity index (χ4v) is 4.26. The van der Waals surface area contributed by atoms with Crippen molar-refractivity contribution in [3.63, 3.8) is 0 Å². The van der Waals surface area contributed by atoms with Gasteiger partial charge in [-0.3, -0.25) is 4.90 Å². The second-order valence-corrected chi connectivity index (χ2v) is 6.16. The third kappa shape index (κ3) is 2.25. The normalized spacial score (nSPS) is 37.9. The molecule has 2 atom stereocenters. The lowest BCUT2D eigenvalue weighted by Crippen LogP contribution is -2.62. The van der Waals surface area contributed by atoms with E-state index in [0.29, 0.717) is 17.7 Å². The van der Waals surface area contributed by atoms with Crippen LogP contribution in [0, 0.1) is 0 Å². The van der Waals surface area contributed by atoms with Gasteiger partial charge >= 0.3 is 0 Å². The monoisotopic (exact) mass is 238 g/mol. The fraction of sp³-hybridized carbons (Fsp3) is 1.00. The van der Waals surface area contributed by atoms with E-state index in [0.717, 1.165) is 0 Å². The predicted octanol–water partition coefficient (Wildman–Crippen LogP) is 1.77. The van der Waals surface area contributed by atoms with E-state index in [4.69, 9.17) is 4.74 Å². The summed E-state index contributed by atoms with van der Waals surface area (Å²) in [7, 11) is 1.89. The second kappa shape index (κ2) is 4.87. The molecule has 2 saturated carbocycles. The van der Waals surface area contributed by atoms with Gasteiger partial charge < -0.3 is 10.1 Å². The van der Waals surface area contributed by atoms with Crippen LogP contribution in [-0.4, -0.2) is 49.3 Å². The topological polar surface area (TPSA) is 24.5 Å². The number of hydrogen-bond donors (Lipinski definition) is 1. The molecule has 0 aromatic carbocycles. The molecule has 0 aromatic heterocycles. The highest BCUT2D eigenvalue weighted by Crippen LogP contribution is 2.35. The lowest BCUT2D eigenvalue weighted by Gasteiger charge is -2.45. The average molecular weight is 238 g/mol. The largest absolute Gasteiger partial charge is 0.380 e. The van der Waals surface area contributed by atoms with E-state index in [2.05, 4.69) is 10.2 Å². The van der Waals surface area contributed by atoms with E-state index in [1.54, 1.807) is 0 Å². The minimum absolute atomic E-state index is 0.457. The molecular formula is C14H26N2O. The van der Waals surface area contributed by atoms with E-state index < -0.39 is 0 Å². The standard InChI is InChI=1S/C14H26N2O/c1-17-13-6-4-5-12(13)16-10-9-15-14(11-16)7-2-3-8-14/h12-13,15H,2-11H2,1H3. The molecule has 3 fully saturated rings. The summed E-state index contributed by atoms with van der Waals surface area (Å²) in [4.78, 5) is 2.73. The lowest BCUT2D eigenvalue weighted by atomic mass is 9.93. The Morgan fingerprint density at radius 2 is 2.00 bits per heavy atom. The van der Waals surface area contributed by atoms with Crippen molar-refractivity contribution >= 4 is 0 Å². The number of ether oxygens (including phenoxy) is 1. The van der Waals surface area contributed by atoms with Gasteiger partial charge in [0.1, 0.15) is 0 Å². The van der Waals surface area contributed by atoms with E-state index in [1.807, 2.05) is 7.11 Å². The molecule has 2 aliphatic carbocycles. The second-order valence-electron chi connectivity index (χ2n) is 6.16. The zero-order valence-corrected chi connectivity index (χ0v) is 11.1. The van der Waals surface area contributed by atoms with Gasteiger partial charge in [0.2, 0.25) is 0 Å². The minimum atomic E-state index is 0.457. The third-order valence-corrected chi connectivity index (χ3v) is 5.15. The van der Waals surface area contributed by atoms with Crippen LogP contribution in [0.4, 0.5) is 0 Å². The van der Waals surface area contributed by atoms with Gasteiger partial charge in [-0.2, -0.15) is 0 Å². The minimum Gasteiger partial charge on any atom is -0.380 e. The maximum atomic E-state index is 5.67. The summed E-state index contributed by atoms with van der Waals surface area (Å²) in [5.74, 6) is 0. The Hall–Kier alpha value is -0.120. The number of nitrogens with zero attached hydrogens (tertiary/aromatic N) is 1. The molecule has 0 amide bonds. The molecule has 0 aromatic rings. The first-order valence-corrected chi connectivity index (χ1v) is 7.35. The summed E-state index contributed by atoms with van der Waals surface area (Å²) >= 11 is 0. The van der Waals surface area contributed by atoms with Gasteiger partial charge in [-0.15, -0.1) is 0 Å². The molecule has 1 N–H and O–H groups in total. The predicted molar refractivity (Wildman–Crippen MR) is 69.2 cm³/mol. The number of nitrogens with one attached hydrogen (secondary N) is 1. The van der Waals surface area contributed by atoms with Crippen molar-refractivity contribution in [1.82, 2.24) is 10.2 Å². The van der Waals surface area contributed by atoms with E-state index >= 15 is 0 Å². The maximum absolute atomic E-state index is 5.67. The van der Waals surface area contributed by atoms with Crippen LogP contribution in [-0.2, 0) is 4.74 Å². The molecule has 0 bridgehead atoms. The summed E-state index contributed by atoms with van der Waals surface area (Å²) < 4.78 is 5.67. The highest BCUT2D eigenvalue weighted by Gasteiger charge is 2.42. The van der Waals surface area contributed by atoms with Crippen molar-refractivity contribution in [3.05, 3.63) is 0 Å². The Balaban J connectivity index is 1.67. The number of piperazine rings is 1. The molecule has 17 heavy (non-hydrogen) atoms. The van der Waals surface area contributed by atoms with Gasteiger partial charge in [-0.05, 0) is 32.1 Å². The summed E-state index contributed by atoms with van der Waals surface area (Å²) in [6, 6.07) is 0.694. The van der Waals surface area contributed by atoms with Gasteiger partial charge in [0, 0.05) is 38.3 Å². The van der Waals surface area contributed by atoms with Gasteiger partial charge in [-0.1, -0.05) is 12.8 Å². The first kappa shape index (κ1) is 11.9. The van der Waals surface area contributed by atoms with Gasteiger partial charge in [0.25, 0.3) is 0 Å². The molecule has 1 aliphatic heterocycles. The summed E-state index contributed by atoms with van der Waals surface area (Å²) in [6.07, 6.45) is 10.0. The van der Waals surface area contributed by atoms with Crippen molar-refractivity contribution in [3.8, 4) is 0 Å². The maximum Gasteiger partial charge on any atom is 0.0726 e. The molecule has 98 valence electrons. The van der Waals surface area contributed by atoms with E-state index in [-0.39, 0.29) is 0 Å². The van der Waals surface area contributed by atoms with Crippen molar-refractivity contribution in [1.29, 1.82) is 0 Å². The van der Waals surface area contributed by atoms with Crippen LogP contribution in [0.3, 0.4) is 0 Å². The van der Waals surface area contributed by atoms with Gasteiger partial charge in [0.05, 0.1) is 6.10 Å². The molecule has 3 nitrogen and oxygen atoms in total. The first-order chi connectivity index (χ1) is 8.33. The van der Waals surface area contributed by atoms with E-state index in [1.165, 1.54) is 64.6 Å². The molecule has 0 radical (unpaired) electrons. The molecule has 2 unspecified atom stereocenters. The van der Waals surface area contributed by atoms with Crippen LogP contribution >= 0.6 is 0 Å². The molecule has 1 saturated heterocycles. The number of hydrogen-bond acceptors (Lipinski definition) is 3. The van der Waals surface area contributed by atoms with Gasteiger partial charge in [0.15, 0.2) is 0 Å². The Labute approximate surface area is 105 Å². The van der Waals surface area contributed by atoms with Crippen molar-refractivity contribution in [2.75, 3.05) is 26.7 Å². The smallest absolute Gasteiger partial charge is 0.0726 e. The molecule has 3 aliphatic rings. The summed E-state index contributed by atoms with van der Waals surface area (Å²) in [5, 5.41) is 3.80. The lowest BCUT2D eigenvalue weighted by molar-refractivity contribution is 0.00742. The molecule has 3 heteroatoms. The Morgan fingerprint density at radius 1 is 1.18 bits per heavy atom. The summed E-state index contributed by atoms with van der Waals surface area (Å²) in [6.45, 7) is 3.65. The number of rotatable bonds is 2. The highest BCUT2D eigenvalue weighted by atomic mass is 16.5.